The van der Waals surface area contributed by atoms with Crippen LogP contribution in [0.3, 0.4) is 0 Å². The number of hydrogen-bond donors (Lipinski definition) is 2. The summed E-state index contributed by atoms with van der Waals surface area (Å²) >= 11 is 0. The molecule has 2 N–H and O–H groups in total. The van der Waals surface area contributed by atoms with Crippen molar-refractivity contribution < 1.29 is 19.4 Å². The van der Waals surface area contributed by atoms with Crippen LogP contribution in [0.1, 0.15) is 32.6 Å². The van der Waals surface area contributed by atoms with Crippen molar-refractivity contribution in [1.29, 1.82) is 0 Å². The third-order valence-corrected chi connectivity index (χ3v) is 3.67. The molecule has 2 unspecified atom stereocenters. The zero-order valence-electron chi connectivity index (χ0n) is 10.3. The van der Waals surface area contributed by atoms with Gasteiger partial charge in [-0.05, 0) is 32.6 Å². The molecule has 2 heterocycles. The highest BCUT2D eigenvalue weighted by Crippen LogP contribution is 2.23. The summed E-state index contributed by atoms with van der Waals surface area (Å²) in [6.45, 7) is 3.11. The van der Waals surface area contributed by atoms with Gasteiger partial charge in [-0.1, -0.05) is 0 Å². The van der Waals surface area contributed by atoms with Crippen molar-refractivity contribution in [3.63, 3.8) is 0 Å². The molecule has 0 aromatic rings. The second-order valence-corrected chi connectivity index (χ2v) is 5.05. The molecule has 0 saturated carbocycles. The molecule has 0 spiro atoms. The molecule has 2 rings (SSSR count). The summed E-state index contributed by atoms with van der Waals surface area (Å²) in [6, 6.07) is 0. The Hall–Kier alpha value is -0.650. The van der Waals surface area contributed by atoms with E-state index in [0.29, 0.717) is 26.1 Å². The predicted molar refractivity (Wildman–Crippen MR) is 61.6 cm³/mol. The summed E-state index contributed by atoms with van der Waals surface area (Å²) in [5.41, 5.74) is -0.509. The van der Waals surface area contributed by atoms with E-state index in [-0.39, 0.29) is 24.7 Å². The van der Waals surface area contributed by atoms with E-state index >= 15 is 0 Å². The molecule has 5 nitrogen and oxygen atoms in total. The number of carbonyl (C=O) groups is 1. The van der Waals surface area contributed by atoms with Gasteiger partial charge >= 0.3 is 0 Å². The van der Waals surface area contributed by atoms with Crippen molar-refractivity contribution in [2.24, 2.45) is 0 Å². The lowest BCUT2D eigenvalue weighted by atomic mass is 9.90. The zero-order valence-corrected chi connectivity index (χ0v) is 10.3. The summed E-state index contributed by atoms with van der Waals surface area (Å²) in [4.78, 5) is 12.0. The zero-order chi connectivity index (χ0) is 12.3. The lowest BCUT2D eigenvalue weighted by Crippen LogP contribution is -2.56. The summed E-state index contributed by atoms with van der Waals surface area (Å²) in [6.07, 6.45) is 2.83. The van der Waals surface area contributed by atoms with Crippen LogP contribution in [0, 0.1) is 0 Å². The van der Waals surface area contributed by atoms with Gasteiger partial charge in [0.15, 0.2) is 0 Å². The molecule has 5 heteroatoms. The first-order valence-corrected chi connectivity index (χ1v) is 6.31. The largest absolute Gasteiger partial charge is 0.394 e. The Bertz CT molecular complexity index is 276. The van der Waals surface area contributed by atoms with Crippen molar-refractivity contribution in [3.8, 4) is 0 Å². The Labute approximate surface area is 101 Å². The first-order chi connectivity index (χ1) is 8.15. The van der Waals surface area contributed by atoms with Crippen LogP contribution in [0.2, 0.25) is 0 Å². The lowest BCUT2D eigenvalue weighted by Gasteiger charge is -2.37. The third-order valence-electron chi connectivity index (χ3n) is 3.67. The second-order valence-electron chi connectivity index (χ2n) is 5.05. The SMILES string of the molecule is CC1CCC(C(=O)NC2(CO)CCOCC2)O1. The smallest absolute Gasteiger partial charge is 0.249 e. The Morgan fingerprint density at radius 3 is 2.65 bits per heavy atom. The Balaban J connectivity index is 1.91. The minimum absolute atomic E-state index is 0.0373. The van der Waals surface area contributed by atoms with E-state index in [1.807, 2.05) is 6.92 Å². The van der Waals surface area contributed by atoms with E-state index in [4.69, 9.17) is 9.47 Å². The van der Waals surface area contributed by atoms with Gasteiger partial charge in [-0.15, -0.1) is 0 Å². The number of aliphatic hydroxyl groups is 1. The van der Waals surface area contributed by atoms with E-state index in [1.165, 1.54) is 0 Å². The molecular formula is C12H21NO4. The molecule has 0 bridgehead atoms. The molecule has 2 fully saturated rings. The van der Waals surface area contributed by atoms with Crippen LogP contribution in [0.4, 0.5) is 0 Å². The number of hydrogen-bond acceptors (Lipinski definition) is 4. The van der Waals surface area contributed by atoms with Crippen LogP contribution in [-0.2, 0) is 14.3 Å². The van der Waals surface area contributed by atoms with Gasteiger partial charge in [0.1, 0.15) is 6.10 Å². The van der Waals surface area contributed by atoms with Gasteiger partial charge in [-0.3, -0.25) is 4.79 Å². The van der Waals surface area contributed by atoms with Crippen molar-refractivity contribution in [3.05, 3.63) is 0 Å². The van der Waals surface area contributed by atoms with Crippen LogP contribution < -0.4 is 5.32 Å². The fourth-order valence-corrected chi connectivity index (χ4v) is 2.42. The normalized spacial score (nSPS) is 32.4. The molecule has 17 heavy (non-hydrogen) atoms. The molecule has 2 saturated heterocycles. The number of ether oxygens (including phenoxy) is 2. The molecule has 2 atom stereocenters. The van der Waals surface area contributed by atoms with Crippen LogP contribution in [-0.4, -0.2) is 48.6 Å². The van der Waals surface area contributed by atoms with E-state index in [1.54, 1.807) is 0 Å². The fourth-order valence-electron chi connectivity index (χ4n) is 2.42. The maximum absolute atomic E-state index is 12.0. The van der Waals surface area contributed by atoms with Crippen molar-refractivity contribution >= 4 is 5.91 Å². The minimum atomic E-state index is -0.509. The topological polar surface area (TPSA) is 67.8 Å². The van der Waals surface area contributed by atoms with Crippen LogP contribution in [0.5, 0.6) is 0 Å². The first kappa shape index (κ1) is 12.8. The maximum atomic E-state index is 12.0. The van der Waals surface area contributed by atoms with Crippen molar-refractivity contribution in [1.82, 2.24) is 5.32 Å². The molecule has 2 aliphatic heterocycles. The van der Waals surface area contributed by atoms with Crippen molar-refractivity contribution in [2.45, 2.75) is 50.4 Å². The third kappa shape index (κ3) is 2.97. The average Bonchev–Trinajstić information content (AvgIpc) is 2.77. The van der Waals surface area contributed by atoms with E-state index in [2.05, 4.69) is 5.32 Å². The van der Waals surface area contributed by atoms with Crippen molar-refractivity contribution in [2.75, 3.05) is 19.8 Å². The quantitative estimate of drug-likeness (QED) is 0.743. The highest BCUT2D eigenvalue weighted by Gasteiger charge is 2.37. The van der Waals surface area contributed by atoms with Crippen LogP contribution in [0.25, 0.3) is 0 Å². The Kier molecular flexibility index (Phi) is 4.01. The van der Waals surface area contributed by atoms with Gasteiger partial charge in [0.05, 0.1) is 18.2 Å². The summed E-state index contributed by atoms with van der Waals surface area (Å²) in [7, 11) is 0. The molecule has 2 aliphatic rings. The molecule has 0 aromatic heterocycles. The maximum Gasteiger partial charge on any atom is 0.249 e. The summed E-state index contributed by atoms with van der Waals surface area (Å²) in [5.74, 6) is -0.0923. The van der Waals surface area contributed by atoms with Gasteiger partial charge < -0.3 is 19.9 Å². The van der Waals surface area contributed by atoms with Gasteiger partial charge in [0, 0.05) is 13.2 Å². The lowest BCUT2D eigenvalue weighted by molar-refractivity contribution is -0.136. The van der Waals surface area contributed by atoms with Gasteiger partial charge in [0.25, 0.3) is 0 Å². The first-order valence-electron chi connectivity index (χ1n) is 6.31. The molecule has 1 amide bonds. The summed E-state index contributed by atoms with van der Waals surface area (Å²) in [5, 5.41) is 12.4. The predicted octanol–water partition coefficient (Wildman–Crippen LogP) is 0.212. The molecule has 98 valence electrons. The number of carbonyl (C=O) groups excluding carboxylic acids is 1. The van der Waals surface area contributed by atoms with Gasteiger partial charge in [0.2, 0.25) is 5.91 Å². The minimum Gasteiger partial charge on any atom is -0.394 e. The molecular weight excluding hydrogens is 222 g/mol. The average molecular weight is 243 g/mol. The van der Waals surface area contributed by atoms with E-state index in [0.717, 1.165) is 12.8 Å². The number of nitrogens with one attached hydrogen (secondary N) is 1. The second kappa shape index (κ2) is 5.33. The Morgan fingerprint density at radius 2 is 2.12 bits per heavy atom. The highest BCUT2D eigenvalue weighted by atomic mass is 16.5. The molecule has 0 radical (unpaired) electrons. The molecule has 0 aliphatic carbocycles. The Morgan fingerprint density at radius 1 is 1.41 bits per heavy atom. The highest BCUT2D eigenvalue weighted by molar-refractivity contribution is 5.81. The monoisotopic (exact) mass is 243 g/mol. The van der Waals surface area contributed by atoms with E-state index < -0.39 is 5.54 Å². The van der Waals surface area contributed by atoms with E-state index in [9.17, 15) is 9.90 Å². The number of aliphatic hydroxyl groups excluding tert-OH is 1. The van der Waals surface area contributed by atoms with Gasteiger partial charge in [-0.25, -0.2) is 0 Å². The number of amides is 1. The van der Waals surface area contributed by atoms with Gasteiger partial charge in [-0.2, -0.15) is 0 Å². The number of rotatable bonds is 3. The fraction of sp³-hybridized carbons (Fsp3) is 0.917. The van der Waals surface area contributed by atoms with Crippen LogP contribution >= 0.6 is 0 Å². The van der Waals surface area contributed by atoms with Crippen LogP contribution in [0.15, 0.2) is 0 Å². The summed E-state index contributed by atoms with van der Waals surface area (Å²) < 4.78 is 10.8. The standard InChI is InChI=1S/C12H21NO4/c1-9-2-3-10(17-9)11(15)13-12(8-14)4-6-16-7-5-12/h9-10,14H,2-8H2,1H3,(H,13,15). The molecule has 0 aromatic carbocycles.